The van der Waals surface area contributed by atoms with Gasteiger partial charge in [0.2, 0.25) is 0 Å². The molecule has 2 heterocycles. The van der Waals surface area contributed by atoms with Crippen molar-refractivity contribution in [1.29, 1.82) is 0 Å². The minimum atomic E-state index is 0.144. The molecule has 2 atom stereocenters. The van der Waals surface area contributed by atoms with Gasteiger partial charge in [-0.05, 0) is 39.0 Å². The van der Waals surface area contributed by atoms with Gasteiger partial charge in [0, 0.05) is 38.4 Å². The van der Waals surface area contributed by atoms with Crippen molar-refractivity contribution in [2.75, 3.05) is 20.2 Å². The first-order valence-electron chi connectivity index (χ1n) is 8.96. The van der Waals surface area contributed by atoms with Gasteiger partial charge in [-0.25, -0.2) is 0 Å². The number of amides is 1. The molecule has 5 nitrogen and oxygen atoms in total. The van der Waals surface area contributed by atoms with Crippen molar-refractivity contribution in [1.82, 2.24) is 14.7 Å². The largest absolute Gasteiger partial charge is 0.381 e. The summed E-state index contributed by atoms with van der Waals surface area (Å²) in [5.74, 6) is 0.144. The number of methoxy groups -OCH3 is 1. The van der Waals surface area contributed by atoms with Crippen LogP contribution in [0, 0.1) is 12.3 Å². The number of ether oxygens (including phenoxy) is 1. The molecule has 1 spiro atoms. The van der Waals surface area contributed by atoms with E-state index < -0.39 is 0 Å². The summed E-state index contributed by atoms with van der Waals surface area (Å²) in [7, 11) is 1.82. The first-order valence-corrected chi connectivity index (χ1v) is 8.96. The lowest BCUT2D eigenvalue weighted by Crippen LogP contribution is -2.49. The molecule has 1 aliphatic carbocycles. The summed E-state index contributed by atoms with van der Waals surface area (Å²) in [4.78, 5) is 15.0. The van der Waals surface area contributed by atoms with E-state index in [1.807, 2.05) is 29.8 Å². The highest BCUT2D eigenvalue weighted by atomic mass is 16.5. The fraction of sp³-hybridized carbons (Fsp3) is 0.778. The highest BCUT2D eigenvalue weighted by Crippen LogP contribution is 2.46. The molecule has 23 heavy (non-hydrogen) atoms. The van der Waals surface area contributed by atoms with E-state index in [1.165, 1.54) is 19.3 Å². The summed E-state index contributed by atoms with van der Waals surface area (Å²) in [5.41, 5.74) is 1.79. The molecule has 2 fully saturated rings. The van der Waals surface area contributed by atoms with Gasteiger partial charge < -0.3 is 9.64 Å². The minimum absolute atomic E-state index is 0.144. The summed E-state index contributed by atoms with van der Waals surface area (Å²) >= 11 is 0. The average molecular weight is 319 g/mol. The van der Waals surface area contributed by atoms with Gasteiger partial charge in [-0.3, -0.25) is 9.48 Å². The molecule has 0 aromatic carbocycles. The molecule has 1 saturated heterocycles. The molecule has 1 aromatic rings. The second kappa shape index (κ2) is 6.63. The molecule has 3 rings (SSSR count). The van der Waals surface area contributed by atoms with E-state index in [-0.39, 0.29) is 11.3 Å². The van der Waals surface area contributed by atoms with Gasteiger partial charge in [0.25, 0.3) is 5.91 Å². The van der Waals surface area contributed by atoms with Gasteiger partial charge in [0.15, 0.2) is 0 Å². The zero-order chi connectivity index (χ0) is 16.4. The molecule has 1 aromatic heterocycles. The Labute approximate surface area is 139 Å². The Morgan fingerprint density at radius 1 is 1.43 bits per heavy atom. The number of likely N-dealkylation sites (tertiary alicyclic amines) is 1. The third-order valence-corrected chi connectivity index (χ3v) is 5.63. The van der Waals surface area contributed by atoms with Gasteiger partial charge in [-0.15, -0.1) is 0 Å². The van der Waals surface area contributed by atoms with Crippen LogP contribution in [-0.2, 0) is 11.3 Å². The van der Waals surface area contributed by atoms with Gasteiger partial charge in [0.1, 0.15) is 0 Å². The summed E-state index contributed by atoms with van der Waals surface area (Å²) in [6, 6.07) is 0. The first-order chi connectivity index (χ1) is 11.1. The molecule has 0 bridgehead atoms. The van der Waals surface area contributed by atoms with Crippen LogP contribution < -0.4 is 0 Å². The van der Waals surface area contributed by atoms with Crippen molar-refractivity contribution in [2.45, 2.75) is 65.0 Å². The van der Waals surface area contributed by atoms with Crippen molar-refractivity contribution in [3.8, 4) is 0 Å². The highest BCUT2D eigenvalue weighted by molar-refractivity contribution is 5.95. The Balaban J connectivity index is 1.77. The monoisotopic (exact) mass is 319 g/mol. The highest BCUT2D eigenvalue weighted by Gasteiger charge is 2.46. The molecule has 5 heteroatoms. The molecule has 2 aliphatic rings. The molecule has 1 aliphatic heterocycles. The maximum Gasteiger partial charge on any atom is 0.257 e. The number of aryl methyl sites for hydroxylation is 2. The third kappa shape index (κ3) is 3.03. The number of nitrogens with zero attached hydrogens (tertiary/aromatic N) is 3. The van der Waals surface area contributed by atoms with Crippen LogP contribution in [0.2, 0.25) is 0 Å². The van der Waals surface area contributed by atoms with E-state index in [2.05, 4.69) is 12.0 Å². The van der Waals surface area contributed by atoms with Crippen LogP contribution in [0.15, 0.2) is 6.20 Å². The van der Waals surface area contributed by atoms with Crippen molar-refractivity contribution in [2.24, 2.45) is 5.41 Å². The Hall–Kier alpha value is -1.36. The van der Waals surface area contributed by atoms with Gasteiger partial charge in [-0.1, -0.05) is 13.3 Å². The predicted octanol–water partition coefficient (Wildman–Crippen LogP) is 3.02. The zero-order valence-electron chi connectivity index (χ0n) is 14.7. The first kappa shape index (κ1) is 16.5. The predicted molar refractivity (Wildman–Crippen MR) is 89.5 cm³/mol. The van der Waals surface area contributed by atoms with Crippen molar-refractivity contribution < 1.29 is 9.53 Å². The van der Waals surface area contributed by atoms with Crippen LogP contribution in [0.25, 0.3) is 0 Å². The number of hydrogen-bond donors (Lipinski definition) is 0. The van der Waals surface area contributed by atoms with Crippen molar-refractivity contribution in [3.63, 3.8) is 0 Å². The average Bonchev–Trinajstić information content (AvgIpc) is 3.10. The lowest BCUT2D eigenvalue weighted by Gasteiger charge is -2.43. The van der Waals surface area contributed by atoms with E-state index in [0.717, 1.165) is 50.2 Å². The van der Waals surface area contributed by atoms with E-state index in [0.29, 0.717) is 6.10 Å². The molecule has 128 valence electrons. The van der Waals surface area contributed by atoms with Gasteiger partial charge in [0.05, 0.1) is 17.4 Å². The summed E-state index contributed by atoms with van der Waals surface area (Å²) in [6.07, 6.45) is 9.05. The van der Waals surface area contributed by atoms with E-state index >= 15 is 0 Å². The number of rotatable bonds is 4. The normalized spacial score (nSPS) is 27.8. The maximum absolute atomic E-state index is 13.0. The Kier molecular flexibility index (Phi) is 4.76. The minimum Gasteiger partial charge on any atom is -0.381 e. The van der Waals surface area contributed by atoms with E-state index in [4.69, 9.17) is 4.74 Å². The van der Waals surface area contributed by atoms with Crippen LogP contribution in [0.4, 0.5) is 0 Å². The standard InChI is InChI=1S/C18H29N3O2/c1-4-10-21-12-15(14(2)19-21)17(22)20-11-6-9-18(13-20)8-5-7-16(18)23-3/h12,16H,4-11,13H2,1-3H3/t16-,18+/m1/s1. The lowest BCUT2D eigenvalue weighted by atomic mass is 9.76. The second-order valence-electron chi connectivity index (χ2n) is 7.20. The third-order valence-electron chi connectivity index (χ3n) is 5.63. The smallest absolute Gasteiger partial charge is 0.257 e. The van der Waals surface area contributed by atoms with Crippen LogP contribution in [-0.4, -0.2) is 46.9 Å². The van der Waals surface area contributed by atoms with E-state index in [9.17, 15) is 4.79 Å². The molecule has 0 N–H and O–H groups in total. The molecule has 1 saturated carbocycles. The molecular weight excluding hydrogens is 290 g/mol. The topological polar surface area (TPSA) is 47.4 Å². The Morgan fingerprint density at radius 3 is 2.96 bits per heavy atom. The number of hydrogen-bond acceptors (Lipinski definition) is 3. The lowest BCUT2D eigenvalue weighted by molar-refractivity contribution is -0.0295. The number of piperidine rings is 1. The summed E-state index contributed by atoms with van der Waals surface area (Å²) in [6.45, 7) is 6.62. The number of carbonyl (C=O) groups excluding carboxylic acids is 1. The van der Waals surface area contributed by atoms with Gasteiger partial charge >= 0.3 is 0 Å². The number of aromatic nitrogens is 2. The SMILES string of the molecule is CCCn1cc(C(=O)N2CCC[C@@]3(CCC[C@H]3OC)C2)c(C)n1. The molecule has 0 radical (unpaired) electrons. The molecule has 0 unspecified atom stereocenters. The Morgan fingerprint density at radius 2 is 2.22 bits per heavy atom. The molecular formula is C18H29N3O2. The van der Waals surface area contributed by atoms with E-state index in [1.54, 1.807) is 0 Å². The summed E-state index contributed by atoms with van der Waals surface area (Å²) < 4.78 is 7.64. The fourth-order valence-electron chi connectivity index (χ4n) is 4.52. The van der Waals surface area contributed by atoms with Gasteiger partial charge in [-0.2, -0.15) is 5.10 Å². The van der Waals surface area contributed by atoms with Crippen LogP contribution >= 0.6 is 0 Å². The van der Waals surface area contributed by atoms with Crippen LogP contribution in [0.1, 0.15) is 61.5 Å². The van der Waals surface area contributed by atoms with Crippen molar-refractivity contribution >= 4 is 5.91 Å². The van der Waals surface area contributed by atoms with Crippen LogP contribution in [0.5, 0.6) is 0 Å². The molecule has 1 amide bonds. The maximum atomic E-state index is 13.0. The zero-order valence-corrected chi connectivity index (χ0v) is 14.7. The number of carbonyl (C=O) groups is 1. The fourth-order valence-corrected chi connectivity index (χ4v) is 4.52. The quantitative estimate of drug-likeness (QED) is 0.857. The van der Waals surface area contributed by atoms with Crippen LogP contribution in [0.3, 0.4) is 0 Å². The second-order valence-corrected chi connectivity index (χ2v) is 7.20. The van der Waals surface area contributed by atoms with Crippen molar-refractivity contribution in [3.05, 3.63) is 17.5 Å². The summed E-state index contributed by atoms with van der Waals surface area (Å²) in [5, 5.41) is 4.48. The Bertz CT molecular complexity index is 569.